The van der Waals surface area contributed by atoms with E-state index < -0.39 is 11.8 Å². The summed E-state index contributed by atoms with van der Waals surface area (Å²) in [7, 11) is 0. The van der Waals surface area contributed by atoms with Crippen LogP contribution in [0.15, 0.2) is 84.5 Å². The van der Waals surface area contributed by atoms with E-state index in [4.69, 9.17) is 5.73 Å². The molecule has 4 aromatic rings. The zero-order chi connectivity index (χ0) is 26.3. The number of aryl methyl sites for hydroxylation is 1. The smallest absolute Gasteiger partial charge is 0.300 e. The molecule has 186 valence electrons. The summed E-state index contributed by atoms with van der Waals surface area (Å²) in [5.41, 5.74) is 8.47. The van der Waals surface area contributed by atoms with Crippen LogP contribution in [0.1, 0.15) is 33.4 Å². The number of hydrogen-bond acceptors (Lipinski definition) is 3. The Labute approximate surface area is 219 Å². The fourth-order valence-corrected chi connectivity index (χ4v) is 7.27. The summed E-state index contributed by atoms with van der Waals surface area (Å²) >= 11 is 2.42. The first-order chi connectivity index (χ1) is 17.5. The Hall–Kier alpha value is -3.42. The zero-order valence-corrected chi connectivity index (χ0v) is 21.6. The van der Waals surface area contributed by atoms with Crippen LogP contribution in [0.25, 0.3) is 32.0 Å². The standard InChI is InChI=1S/C30H21F4NS2/c1-15-4-6-18(7-5-15)26-14-24-28(37-26)21(17(3)29(24,31)32)12-22-16(2)27-23(30(22,33)34)13-25(36-27)19-8-10-20(35)11-9-19/h4-14H,2,35H2,1,3H3/b22-12+. The number of anilines is 1. The molecular formula is C30H21F4NS2. The van der Waals surface area contributed by atoms with Crippen LogP contribution in [0.4, 0.5) is 23.2 Å². The van der Waals surface area contributed by atoms with E-state index >= 15 is 17.6 Å². The highest BCUT2D eigenvalue weighted by Crippen LogP contribution is 2.59. The third kappa shape index (κ3) is 3.55. The molecular weight excluding hydrogens is 514 g/mol. The molecule has 2 aromatic heterocycles. The third-order valence-corrected chi connectivity index (χ3v) is 9.48. The maximum atomic E-state index is 15.8. The van der Waals surface area contributed by atoms with E-state index in [-0.39, 0.29) is 33.4 Å². The van der Waals surface area contributed by atoms with Crippen molar-refractivity contribution in [3.8, 4) is 20.9 Å². The molecule has 0 unspecified atom stereocenters. The van der Waals surface area contributed by atoms with E-state index in [1.807, 2.05) is 31.2 Å². The third-order valence-electron chi connectivity index (χ3n) is 7.02. The van der Waals surface area contributed by atoms with Gasteiger partial charge in [-0.05, 0) is 66.5 Å². The summed E-state index contributed by atoms with van der Waals surface area (Å²) in [6.45, 7) is 7.22. The number of nitrogen functional groups attached to an aromatic ring is 1. The van der Waals surface area contributed by atoms with Gasteiger partial charge in [-0.15, -0.1) is 22.7 Å². The average Bonchev–Trinajstić information content (AvgIpc) is 3.57. The first-order valence-electron chi connectivity index (χ1n) is 11.6. The number of allylic oxidation sites excluding steroid dienone is 5. The van der Waals surface area contributed by atoms with Crippen molar-refractivity contribution in [2.45, 2.75) is 25.7 Å². The Morgan fingerprint density at radius 1 is 0.757 bits per heavy atom. The largest absolute Gasteiger partial charge is 0.399 e. The molecule has 7 heteroatoms. The van der Waals surface area contributed by atoms with Crippen molar-refractivity contribution in [3.63, 3.8) is 0 Å². The molecule has 2 aliphatic carbocycles. The lowest BCUT2D eigenvalue weighted by molar-refractivity contribution is 0.0422. The lowest BCUT2D eigenvalue weighted by Gasteiger charge is -2.14. The number of alkyl halides is 4. The number of rotatable bonds is 3. The number of thiophene rings is 2. The molecule has 2 aliphatic rings. The normalized spacial score (nSPS) is 18.5. The van der Waals surface area contributed by atoms with Gasteiger partial charge in [-0.1, -0.05) is 48.5 Å². The van der Waals surface area contributed by atoms with Crippen molar-refractivity contribution in [1.82, 2.24) is 0 Å². The van der Waals surface area contributed by atoms with Crippen LogP contribution in [0.2, 0.25) is 0 Å². The molecule has 6 rings (SSSR count). The molecule has 2 N–H and O–H groups in total. The lowest BCUT2D eigenvalue weighted by atomic mass is 10.0. The molecule has 37 heavy (non-hydrogen) atoms. The van der Waals surface area contributed by atoms with Crippen molar-refractivity contribution >= 4 is 39.5 Å². The van der Waals surface area contributed by atoms with E-state index in [1.165, 1.54) is 47.8 Å². The van der Waals surface area contributed by atoms with Gasteiger partial charge in [0.05, 0.1) is 0 Å². The van der Waals surface area contributed by atoms with Crippen molar-refractivity contribution in [3.05, 3.63) is 111 Å². The van der Waals surface area contributed by atoms with Gasteiger partial charge in [-0.3, -0.25) is 0 Å². The highest BCUT2D eigenvalue weighted by molar-refractivity contribution is 7.17. The number of halogens is 4. The molecule has 0 radical (unpaired) electrons. The van der Waals surface area contributed by atoms with Crippen LogP contribution < -0.4 is 5.73 Å². The van der Waals surface area contributed by atoms with Gasteiger partial charge in [0.25, 0.3) is 5.92 Å². The van der Waals surface area contributed by atoms with Crippen molar-refractivity contribution in [2.75, 3.05) is 5.73 Å². The van der Waals surface area contributed by atoms with Crippen LogP contribution in [-0.4, -0.2) is 0 Å². The molecule has 0 saturated carbocycles. The second kappa shape index (κ2) is 8.04. The molecule has 0 amide bonds. The van der Waals surface area contributed by atoms with Gasteiger partial charge < -0.3 is 5.73 Å². The van der Waals surface area contributed by atoms with E-state index in [2.05, 4.69) is 6.58 Å². The van der Waals surface area contributed by atoms with E-state index in [0.717, 1.165) is 16.7 Å². The van der Waals surface area contributed by atoms with Crippen LogP contribution in [-0.2, 0) is 11.8 Å². The minimum absolute atomic E-state index is 0.134. The molecule has 0 bridgehead atoms. The van der Waals surface area contributed by atoms with Gasteiger partial charge in [-0.2, -0.15) is 17.6 Å². The maximum Gasteiger partial charge on any atom is 0.300 e. The first kappa shape index (κ1) is 23.9. The number of fused-ring (bicyclic) bond motifs is 2. The van der Waals surface area contributed by atoms with Gasteiger partial charge >= 0.3 is 5.92 Å². The van der Waals surface area contributed by atoms with Gasteiger partial charge in [0.15, 0.2) is 0 Å². The van der Waals surface area contributed by atoms with Crippen LogP contribution in [0, 0.1) is 6.92 Å². The van der Waals surface area contributed by atoms with Crippen molar-refractivity contribution < 1.29 is 17.6 Å². The molecule has 1 nitrogen and oxygen atoms in total. The topological polar surface area (TPSA) is 26.0 Å². The highest BCUT2D eigenvalue weighted by Gasteiger charge is 2.50. The number of benzene rings is 2. The molecule has 0 aliphatic heterocycles. The average molecular weight is 536 g/mol. The minimum Gasteiger partial charge on any atom is -0.399 e. The molecule has 0 saturated heterocycles. The Morgan fingerprint density at radius 3 is 1.84 bits per heavy atom. The van der Waals surface area contributed by atoms with Crippen LogP contribution in [0.3, 0.4) is 0 Å². The molecule has 2 heterocycles. The predicted octanol–water partition coefficient (Wildman–Crippen LogP) is 9.66. The maximum absolute atomic E-state index is 15.8. The first-order valence-corrected chi connectivity index (χ1v) is 13.2. The fraction of sp³-hybridized carbons (Fsp3) is 0.133. The van der Waals surface area contributed by atoms with Gasteiger partial charge in [0, 0.05) is 47.5 Å². The monoisotopic (exact) mass is 535 g/mol. The Balaban J connectivity index is 1.42. The summed E-state index contributed by atoms with van der Waals surface area (Å²) < 4.78 is 62.1. The second-order valence-corrected chi connectivity index (χ2v) is 11.5. The molecule has 2 aromatic carbocycles. The second-order valence-electron chi connectivity index (χ2n) is 9.42. The van der Waals surface area contributed by atoms with Gasteiger partial charge in [0.2, 0.25) is 0 Å². The summed E-state index contributed by atoms with van der Waals surface area (Å²) in [5.74, 6) is -6.58. The highest BCUT2D eigenvalue weighted by atomic mass is 32.1. The SMILES string of the molecule is C=C1/C(=C\C2=C(C)C(F)(F)c3cc(-c4ccc(C)cc4)sc32)C(F)(F)c2cc(-c3ccc(N)cc3)sc21. The van der Waals surface area contributed by atoms with E-state index in [9.17, 15) is 0 Å². The van der Waals surface area contributed by atoms with Crippen LogP contribution >= 0.6 is 22.7 Å². The summed E-state index contributed by atoms with van der Waals surface area (Å²) in [4.78, 5) is 2.05. The Kier molecular flexibility index (Phi) is 5.20. The number of nitrogens with two attached hydrogens (primary N) is 1. The summed E-state index contributed by atoms with van der Waals surface area (Å²) in [6.07, 6.45) is 1.22. The fourth-order valence-electron chi connectivity index (χ4n) is 4.82. The Bertz CT molecular complexity index is 1650. The molecule has 0 fully saturated rings. The van der Waals surface area contributed by atoms with Gasteiger partial charge in [-0.25, -0.2) is 0 Å². The molecule has 0 spiro atoms. The van der Waals surface area contributed by atoms with Crippen molar-refractivity contribution in [1.29, 1.82) is 0 Å². The predicted molar refractivity (Wildman–Crippen MR) is 146 cm³/mol. The minimum atomic E-state index is -3.35. The zero-order valence-electron chi connectivity index (χ0n) is 20.0. The van der Waals surface area contributed by atoms with Gasteiger partial charge in [0.1, 0.15) is 0 Å². The quantitative estimate of drug-likeness (QED) is 0.205. The Morgan fingerprint density at radius 2 is 1.27 bits per heavy atom. The summed E-state index contributed by atoms with van der Waals surface area (Å²) in [5, 5.41) is 0. The lowest BCUT2D eigenvalue weighted by Crippen LogP contribution is -2.11. The van der Waals surface area contributed by atoms with E-state index in [1.54, 1.807) is 24.3 Å². The van der Waals surface area contributed by atoms with E-state index in [0.29, 0.717) is 25.2 Å². The van der Waals surface area contributed by atoms with Crippen molar-refractivity contribution in [2.24, 2.45) is 0 Å². The summed E-state index contributed by atoms with van der Waals surface area (Å²) in [6, 6.07) is 17.6. The van der Waals surface area contributed by atoms with Crippen LogP contribution in [0.5, 0.6) is 0 Å². The number of hydrogen-bond donors (Lipinski definition) is 1. The molecule has 0 atom stereocenters.